The first-order valence-corrected chi connectivity index (χ1v) is 10.9. The van der Waals surface area contributed by atoms with Gasteiger partial charge in [-0.15, -0.1) is 0 Å². The van der Waals surface area contributed by atoms with Crippen molar-refractivity contribution in [2.45, 2.75) is 44.0 Å². The van der Waals surface area contributed by atoms with Gasteiger partial charge in [0.15, 0.2) is 0 Å². The van der Waals surface area contributed by atoms with E-state index in [1.807, 2.05) is 42.2 Å². The highest BCUT2D eigenvalue weighted by atomic mass is 32.2. The van der Waals surface area contributed by atoms with Crippen LogP contribution in [0.25, 0.3) is 0 Å². The summed E-state index contributed by atoms with van der Waals surface area (Å²) in [4.78, 5) is 14.2. The number of rotatable bonds is 3. The number of carbonyl (C=O) groups excluding carboxylic acids is 1. The van der Waals surface area contributed by atoms with Crippen molar-refractivity contribution in [3.8, 4) is 0 Å². The van der Waals surface area contributed by atoms with Gasteiger partial charge in [0, 0.05) is 26.1 Å². The maximum Gasteiger partial charge on any atom is 0.264 e. The molecular formula is C21H24N2O3S. The molecule has 0 aliphatic carbocycles. The maximum atomic E-state index is 13.4. The van der Waals surface area contributed by atoms with Crippen LogP contribution in [-0.2, 0) is 34.2 Å². The third kappa shape index (κ3) is 3.23. The largest absolute Gasteiger partial charge is 0.338 e. The van der Waals surface area contributed by atoms with Gasteiger partial charge in [-0.05, 0) is 54.2 Å². The summed E-state index contributed by atoms with van der Waals surface area (Å²) in [6.07, 6.45) is 2.96. The Morgan fingerprint density at radius 3 is 2.63 bits per heavy atom. The lowest BCUT2D eigenvalue weighted by Crippen LogP contribution is -2.37. The van der Waals surface area contributed by atoms with Crippen molar-refractivity contribution in [3.05, 3.63) is 59.2 Å². The van der Waals surface area contributed by atoms with Crippen molar-refractivity contribution in [3.63, 3.8) is 0 Å². The lowest BCUT2D eigenvalue weighted by atomic mass is 10.00. The zero-order valence-corrected chi connectivity index (χ0v) is 16.3. The molecule has 0 spiro atoms. The van der Waals surface area contributed by atoms with Crippen LogP contribution in [-0.4, -0.2) is 32.3 Å². The molecular weight excluding hydrogens is 360 g/mol. The molecule has 2 aliphatic rings. The van der Waals surface area contributed by atoms with E-state index in [-0.39, 0.29) is 5.91 Å². The number of para-hydroxylation sites is 1. The first kappa shape index (κ1) is 18.0. The monoisotopic (exact) mass is 384 g/mol. The number of sulfonamides is 1. The number of amides is 1. The van der Waals surface area contributed by atoms with Gasteiger partial charge in [0.25, 0.3) is 10.0 Å². The normalized spacial score (nSPS) is 16.6. The third-order valence-electron chi connectivity index (χ3n) is 5.50. The molecule has 2 aromatic rings. The molecule has 4 rings (SSSR count). The van der Waals surface area contributed by atoms with E-state index >= 15 is 0 Å². The topological polar surface area (TPSA) is 57.7 Å². The molecule has 0 fully saturated rings. The molecule has 27 heavy (non-hydrogen) atoms. The van der Waals surface area contributed by atoms with E-state index < -0.39 is 10.0 Å². The first-order valence-electron chi connectivity index (χ1n) is 9.51. The van der Waals surface area contributed by atoms with Gasteiger partial charge in [-0.25, -0.2) is 8.42 Å². The Bertz CT molecular complexity index is 985. The van der Waals surface area contributed by atoms with Gasteiger partial charge in [-0.2, -0.15) is 0 Å². The average Bonchev–Trinajstić information content (AvgIpc) is 2.71. The van der Waals surface area contributed by atoms with Crippen LogP contribution in [0.2, 0.25) is 0 Å². The van der Waals surface area contributed by atoms with E-state index in [0.29, 0.717) is 31.0 Å². The van der Waals surface area contributed by atoms with Gasteiger partial charge in [-0.1, -0.05) is 31.2 Å². The van der Waals surface area contributed by atoms with Crippen molar-refractivity contribution in [1.82, 2.24) is 4.90 Å². The predicted molar refractivity (Wildman–Crippen MR) is 105 cm³/mol. The van der Waals surface area contributed by atoms with E-state index in [1.165, 1.54) is 4.31 Å². The Morgan fingerprint density at radius 1 is 1.00 bits per heavy atom. The van der Waals surface area contributed by atoms with Crippen molar-refractivity contribution >= 4 is 21.6 Å². The Kier molecular flexibility index (Phi) is 4.68. The highest BCUT2D eigenvalue weighted by molar-refractivity contribution is 7.92. The van der Waals surface area contributed by atoms with Gasteiger partial charge in [0.1, 0.15) is 0 Å². The van der Waals surface area contributed by atoms with Crippen LogP contribution in [0.3, 0.4) is 0 Å². The standard InChI is InChI=1S/C21H24N2O3S/c1-2-21(24)22-13-11-16-9-10-19(14-18(16)15-22)27(25,26)23-12-5-7-17-6-3-4-8-20(17)23/h3-4,6,8-10,14H,2,5,7,11-13,15H2,1H3. The Labute approximate surface area is 160 Å². The molecule has 0 aromatic heterocycles. The lowest BCUT2D eigenvalue weighted by molar-refractivity contribution is -0.131. The molecule has 1 amide bonds. The maximum absolute atomic E-state index is 13.4. The Morgan fingerprint density at radius 2 is 1.81 bits per heavy atom. The highest BCUT2D eigenvalue weighted by Crippen LogP contribution is 2.33. The van der Waals surface area contributed by atoms with E-state index in [9.17, 15) is 13.2 Å². The van der Waals surface area contributed by atoms with Crippen molar-refractivity contribution in [2.75, 3.05) is 17.4 Å². The average molecular weight is 385 g/mol. The number of carbonyl (C=O) groups is 1. The van der Waals surface area contributed by atoms with Crippen LogP contribution in [0.1, 0.15) is 36.5 Å². The fraction of sp³-hybridized carbons (Fsp3) is 0.381. The number of aryl methyl sites for hydroxylation is 1. The first-order chi connectivity index (χ1) is 13.0. The molecule has 2 heterocycles. The van der Waals surface area contributed by atoms with Crippen LogP contribution in [0.5, 0.6) is 0 Å². The van der Waals surface area contributed by atoms with Crippen LogP contribution < -0.4 is 4.31 Å². The molecule has 0 bridgehead atoms. The fourth-order valence-electron chi connectivity index (χ4n) is 4.01. The molecule has 0 saturated carbocycles. The molecule has 142 valence electrons. The summed E-state index contributed by atoms with van der Waals surface area (Å²) in [5.41, 5.74) is 3.93. The van der Waals surface area contributed by atoms with Crippen molar-refractivity contribution in [1.29, 1.82) is 0 Å². The van der Waals surface area contributed by atoms with E-state index in [0.717, 1.165) is 41.6 Å². The minimum atomic E-state index is -3.62. The van der Waals surface area contributed by atoms with Crippen molar-refractivity contribution in [2.24, 2.45) is 0 Å². The number of fused-ring (bicyclic) bond motifs is 2. The summed E-state index contributed by atoms with van der Waals surface area (Å²) in [6, 6.07) is 13.1. The van der Waals surface area contributed by atoms with Crippen LogP contribution in [0.15, 0.2) is 47.4 Å². The number of benzene rings is 2. The second kappa shape index (κ2) is 7.00. The molecule has 2 aromatic carbocycles. The summed E-state index contributed by atoms with van der Waals surface area (Å²) in [5, 5.41) is 0. The summed E-state index contributed by atoms with van der Waals surface area (Å²) >= 11 is 0. The van der Waals surface area contributed by atoms with Gasteiger partial charge >= 0.3 is 0 Å². The number of nitrogens with zero attached hydrogens (tertiary/aromatic N) is 2. The third-order valence-corrected chi connectivity index (χ3v) is 7.31. The van der Waals surface area contributed by atoms with E-state index in [4.69, 9.17) is 0 Å². The van der Waals surface area contributed by atoms with Gasteiger partial charge in [0.2, 0.25) is 5.91 Å². The zero-order valence-electron chi connectivity index (χ0n) is 15.5. The van der Waals surface area contributed by atoms with Crippen molar-refractivity contribution < 1.29 is 13.2 Å². The highest BCUT2D eigenvalue weighted by Gasteiger charge is 2.30. The van der Waals surface area contributed by atoms with Crippen LogP contribution in [0.4, 0.5) is 5.69 Å². The second-order valence-electron chi connectivity index (χ2n) is 7.16. The number of hydrogen-bond donors (Lipinski definition) is 0. The van der Waals surface area contributed by atoms with Gasteiger partial charge in [-0.3, -0.25) is 9.10 Å². The molecule has 0 radical (unpaired) electrons. The second-order valence-corrected chi connectivity index (χ2v) is 9.02. The Hall–Kier alpha value is -2.34. The molecule has 5 nitrogen and oxygen atoms in total. The minimum Gasteiger partial charge on any atom is -0.338 e. The molecule has 0 unspecified atom stereocenters. The molecule has 6 heteroatoms. The van der Waals surface area contributed by atoms with E-state index in [1.54, 1.807) is 12.1 Å². The van der Waals surface area contributed by atoms with Gasteiger partial charge in [0.05, 0.1) is 10.6 Å². The summed E-state index contributed by atoms with van der Waals surface area (Å²) in [5.74, 6) is 0.110. The summed E-state index contributed by atoms with van der Waals surface area (Å²) < 4.78 is 28.2. The predicted octanol–water partition coefficient (Wildman–Crippen LogP) is 3.12. The van der Waals surface area contributed by atoms with Crippen LogP contribution in [0, 0.1) is 0 Å². The molecule has 0 atom stereocenters. The minimum absolute atomic E-state index is 0.110. The Balaban J connectivity index is 1.69. The summed E-state index contributed by atoms with van der Waals surface area (Å²) in [6.45, 7) is 3.54. The smallest absolute Gasteiger partial charge is 0.264 e. The van der Waals surface area contributed by atoms with Gasteiger partial charge < -0.3 is 4.90 Å². The molecule has 0 N–H and O–H groups in total. The lowest BCUT2D eigenvalue weighted by Gasteiger charge is -2.32. The zero-order chi connectivity index (χ0) is 19.0. The number of anilines is 1. The van der Waals surface area contributed by atoms with Crippen LogP contribution >= 0.6 is 0 Å². The van der Waals surface area contributed by atoms with E-state index in [2.05, 4.69) is 0 Å². The fourth-order valence-corrected chi connectivity index (χ4v) is 5.60. The molecule has 2 aliphatic heterocycles. The summed E-state index contributed by atoms with van der Waals surface area (Å²) in [7, 11) is -3.62. The SMILES string of the molecule is CCC(=O)N1CCc2ccc(S(=O)(=O)N3CCCc4ccccc43)cc2C1. The quantitative estimate of drug-likeness (QED) is 0.817. The number of hydrogen-bond acceptors (Lipinski definition) is 3. The molecule has 0 saturated heterocycles.